The summed E-state index contributed by atoms with van der Waals surface area (Å²) < 4.78 is 0. The van der Waals surface area contributed by atoms with E-state index >= 15 is 0 Å². The van der Waals surface area contributed by atoms with E-state index in [1.54, 1.807) is 0 Å². The van der Waals surface area contributed by atoms with E-state index in [1.807, 2.05) is 36.4 Å². The molecule has 0 atom stereocenters. The number of rotatable bonds is 3. The zero-order chi connectivity index (χ0) is 11.5. The van der Waals surface area contributed by atoms with Crippen molar-refractivity contribution in [2.24, 2.45) is 5.92 Å². The van der Waals surface area contributed by atoms with Crippen LogP contribution in [0, 0.1) is 5.92 Å². The van der Waals surface area contributed by atoms with Crippen LogP contribution in [-0.4, -0.2) is 13.1 Å². The van der Waals surface area contributed by atoms with Crippen molar-refractivity contribution in [2.45, 2.75) is 39.0 Å². The molecule has 0 spiro atoms. The van der Waals surface area contributed by atoms with Crippen LogP contribution in [0.25, 0.3) is 0 Å². The minimum Gasteiger partial charge on any atom is -0.317 e. The first-order valence-corrected chi connectivity index (χ1v) is 6.64. The molecule has 0 amide bonds. The van der Waals surface area contributed by atoms with Crippen LogP contribution in [0.15, 0.2) is 36.4 Å². The van der Waals surface area contributed by atoms with E-state index in [1.165, 1.54) is 45.2 Å². The van der Waals surface area contributed by atoms with Crippen LogP contribution in [-0.2, 0) is 0 Å². The fourth-order valence-electron chi connectivity index (χ4n) is 2.05. The van der Waals surface area contributed by atoms with Gasteiger partial charge in [-0.25, -0.2) is 0 Å². The van der Waals surface area contributed by atoms with Crippen molar-refractivity contribution in [1.82, 2.24) is 5.32 Å². The van der Waals surface area contributed by atoms with Gasteiger partial charge in [0.05, 0.1) is 0 Å². The highest BCUT2D eigenvalue weighted by molar-refractivity contribution is 4.99. The molecular weight excluding hydrogens is 194 g/mol. The number of hydrogen-bond donors (Lipinski definition) is 1. The standard InChI is InChI=1S/C9H19N.C6H6/c1-2-3-4-9-5-7-10-8-6-9;1-2-4-6-5-3-1/h9-10H,2-8H2,1H3;1-6H. The molecule has 1 heteroatoms. The Kier molecular flexibility index (Phi) is 7.79. The lowest BCUT2D eigenvalue weighted by atomic mass is 9.93. The van der Waals surface area contributed by atoms with Crippen LogP contribution in [0.2, 0.25) is 0 Å². The van der Waals surface area contributed by atoms with E-state index in [4.69, 9.17) is 0 Å². The molecule has 0 radical (unpaired) electrons. The highest BCUT2D eigenvalue weighted by Gasteiger charge is 2.11. The monoisotopic (exact) mass is 219 g/mol. The summed E-state index contributed by atoms with van der Waals surface area (Å²) in [7, 11) is 0. The van der Waals surface area contributed by atoms with Crippen molar-refractivity contribution in [1.29, 1.82) is 0 Å². The summed E-state index contributed by atoms with van der Waals surface area (Å²) in [5, 5.41) is 3.39. The molecule has 1 aromatic rings. The van der Waals surface area contributed by atoms with Crippen LogP contribution in [0.4, 0.5) is 0 Å². The van der Waals surface area contributed by atoms with Crippen molar-refractivity contribution in [3.05, 3.63) is 36.4 Å². The van der Waals surface area contributed by atoms with Gasteiger partial charge in [0.1, 0.15) is 0 Å². The molecule has 0 aromatic heterocycles. The summed E-state index contributed by atoms with van der Waals surface area (Å²) >= 11 is 0. The van der Waals surface area contributed by atoms with Gasteiger partial charge in [-0.15, -0.1) is 0 Å². The Morgan fingerprint density at radius 2 is 1.44 bits per heavy atom. The zero-order valence-corrected chi connectivity index (χ0v) is 10.5. The van der Waals surface area contributed by atoms with Gasteiger partial charge in [-0.05, 0) is 31.8 Å². The minimum absolute atomic E-state index is 1.04. The van der Waals surface area contributed by atoms with E-state index in [-0.39, 0.29) is 0 Å². The molecule has 0 aliphatic carbocycles. The lowest BCUT2D eigenvalue weighted by molar-refractivity contribution is 0.346. The van der Waals surface area contributed by atoms with Crippen molar-refractivity contribution in [3.8, 4) is 0 Å². The maximum absolute atomic E-state index is 3.39. The molecule has 1 heterocycles. The average molecular weight is 219 g/mol. The van der Waals surface area contributed by atoms with Crippen molar-refractivity contribution >= 4 is 0 Å². The minimum atomic E-state index is 1.04. The normalized spacial score (nSPS) is 16.3. The van der Waals surface area contributed by atoms with Gasteiger partial charge in [-0.3, -0.25) is 0 Å². The molecule has 1 saturated heterocycles. The summed E-state index contributed by atoms with van der Waals surface area (Å²) in [4.78, 5) is 0. The van der Waals surface area contributed by atoms with Gasteiger partial charge < -0.3 is 5.32 Å². The molecular formula is C15H25N. The van der Waals surface area contributed by atoms with Crippen LogP contribution in [0.5, 0.6) is 0 Å². The first-order chi connectivity index (χ1) is 7.93. The summed E-state index contributed by atoms with van der Waals surface area (Å²) in [5.41, 5.74) is 0. The molecule has 1 aromatic carbocycles. The number of hydrogen-bond acceptors (Lipinski definition) is 1. The van der Waals surface area contributed by atoms with E-state index in [0.717, 1.165) is 5.92 Å². The van der Waals surface area contributed by atoms with E-state index < -0.39 is 0 Å². The maximum Gasteiger partial charge on any atom is -0.00463 e. The molecule has 0 unspecified atom stereocenters. The molecule has 1 aliphatic rings. The first kappa shape index (κ1) is 13.2. The molecule has 1 N–H and O–H groups in total. The topological polar surface area (TPSA) is 12.0 Å². The fourth-order valence-corrected chi connectivity index (χ4v) is 2.05. The molecule has 0 bridgehead atoms. The third kappa shape index (κ3) is 6.62. The van der Waals surface area contributed by atoms with Crippen LogP contribution < -0.4 is 5.32 Å². The average Bonchev–Trinajstić information content (AvgIpc) is 2.40. The molecule has 16 heavy (non-hydrogen) atoms. The van der Waals surface area contributed by atoms with Gasteiger partial charge in [0.15, 0.2) is 0 Å². The number of piperidine rings is 1. The second-order valence-corrected chi connectivity index (χ2v) is 4.49. The molecule has 2 rings (SSSR count). The van der Waals surface area contributed by atoms with Gasteiger partial charge >= 0.3 is 0 Å². The van der Waals surface area contributed by atoms with Crippen molar-refractivity contribution in [3.63, 3.8) is 0 Å². The second kappa shape index (κ2) is 9.41. The Labute approximate surface area is 100 Å². The predicted molar refractivity (Wildman–Crippen MR) is 71.6 cm³/mol. The Morgan fingerprint density at radius 3 is 1.88 bits per heavy atom. The Bertz CT molecular complexity index is 200. The van der Waals surface area contributed by atoms with Gasteiger partial charge in [-0.2, -0.15) is 0 Å². The Morgan fingerprint density at radius 1 is 0.938 bits per heavy atom. The summed E-state index contributed by atoms with van der Waals surface area (Å²) in [6.07, 6.45) is 7.10. The summed E-state index contributed by atoms with van der Waals surface area (Å²) in [6, 6.07) is 12.0. The van der Waals surface area contributed by atoms with E-state index in [9.17, 15) is 0 Å². The van der Waals surface area contributed by atoms with Gasteiger partial charge in [0, 0.05) is 0 Å². The third-order valence-electron chi connectivity index (χ3n) is 3.09. The SMILES string of the molecule is CCCCC1CCNCC1.c1ccccc1. The van der Waals surface area contributed by atoms with Crippen LogP contribution >= 0.6 is 0 Å². The highest BCUT2D eigenvalue weighted by Crippen LogP contribution is 2.18. The molecule has 1 nitrogen and oxygen atoms in total. The number of nitrogens with one attached hydrogen (secondary N) is 1. The second-order valence-electron chi connectivity index (χ2n) is 4.49. The molecule has 90 valence electrons. The van der Waals surface area contributed by atoms with E-state index in [2.05, 4.69) is 12.2 Å². The predicted octanol–water partition coefficient (Wildman–Crippen LogP) is 3.86. The zero-order valence-electron chi connectivity index (χ0n) is 10.5. The van der Waals surface area contributed by atoms with Crippen molar-refractivity contribution < 1.29 is 0 Å². The first-order valence-electron chi connectivity index (χ1n) is 6.64. The van der Waals surface area contributed by atoms with Crippen LogP contribution in [0.3, 0.4) is 0 Å². The molecule has 1 fully saturated rings. The molecule has 0 saturated carbocycles. The van der Waals surface area contributed by atoms with Crippen LogP contribution in [0.1, 0.15) is 39.0 Å². The van der Waals surface area contributed by atoms with E-state index in [0.29, 0.717) is 0 Å². The van der Waals surface area contributed by atoms with Gasteiger partial charge in [0.2, 0.25) is 0 Å². The Balaban J connectivity index is 0.000000181. The quantitative estimate of drug-likeness (QED) is 0.814. The lowest BCUT2D eigenvalue weighted by Gasteiger charge is -2.21. The third-order valence-corrected chi connectivity index (χ3v) is 3.09. The van der Waals surface area contributed by atoms with Gasteiger partial charge in [-0.1, -0.05) is 62.6 Å². The van der Waals surface area contributed by atoms with Gasteiger partial charge in [0.25, 0.3) is 0 Å². The summed E-state index contributed by atoms with van der Waals surface area (Å²) in [5.74, 6) is 1.04. The smallest absolute Gasteiger partial charge is 0.00463 e. The van der Waals surface area contributed by atoms with Crippen molar-refractivity contribution in [2.75, 3.05) is 13.1 Å². The number of benzene rings is 1. The Hall–Kier alpha value is -0.820. The number of unbranched alkanes of at least 4 members (excludes halogenated alkanes) is 1. The highest BCUT2D eigenvalue weighted by atomic mass is 14.9. The maximum atomic E-state index is 3.39. The fraction of sp³-hybridized carbons (Fsp3) is 0.600. The molecule has 1 aliphatic heterocycles. The largest absolute Gasteiger partial charge is 0.317 e. The summed E-state index contributed by atoms with van der Waals surface area (Å²) in [6.45, 7) is 4.80. The lowest BCUT2D eigenvalue weighted by Crippen LogP contribution is -2.27.